The summed E-state index contributed by atoms with van der Waals surface area (Å²) < 4.78 is 40.5. The van der Waals surface area contributed by atoms with Crippen LogP contribution in [0.25, 0.3) is 0 Å². The van der Waals surface area contributed by atoms with Gasteiger partial charge in [-0.1, -0.05) is 12.1 Å². The van der Waals surface area contributed by atoms with Gasteiger partial charge in [0.1, 0.15) is 17.2 Å². The molecular weight excluding hydrogens is 406 g/mol. The summed E-state index contributed by atoms with van der Waals surface area (Å²) in [5, 5.41) is 6.42. The zero-order valence-corrected chi connectivity index (χ0v) is 18.5. The lowest BCUT2D eigenvalue weighted by atomic mass is 10.1. The maximum absolute atomic E-state index is 12.7. The van der Waals surface area contributed by atoms with E-state index < -0.39 is 6.61 Å². The molecule has 170 valence electrons. The molecule has 0 aliphatic rings. The molecule has 0 amide bonds. The van der Waals surface area contributed by atoms with E-state index in [9.17, 15) is 8.78 Å². The van der Waals surface area contributed by atoms with E-state index >= 15 is 0 Å². The molecule has 0 heterocycles. The molecule has 1 unspecified atom stereocenters. The van der Waals surface area contributed by atoms with Crippen LogP contribution in [0.15, 0.2) is 47.5 Å². The van der Waals surface area contributed by atoms with E-state index in [1.165, 1.54) is 13.2 Å². The monoisotopic (exact) mass is 436 g/mol. The van der Waals surface area contributed by atoms with Crippen LogP contribution in [0.2, 0.25) is 0 Å². The van der Waals surface area contributed by atoms with Gasteiger partial charge in [0.05, 0.1) is 20.3 Å². The van der Waals surface area contributed by atoms with Crippen LogP contribution in [0, 0.1) is 0 Å². The van der Waals surface area contributed by atoms with Crippen LogP contribution < -0.4 is 24.8 Å². The number of ether oxygens (including phenoxy) is 3. The summed E-state index contributed by atoms with van der Waals surface area (Å²) in [6, 6.07) is 12.7. The first-order chi connectivity index (χ1) is 14.9. The quantitative estimate of drug-likeness (QED) is 0.440. The Kier molecular flexibility index (Phi) is 9.33. The first kappa shape index (κ1) is 24.2. The van der Waals surface area contributed by atoms with Gasteiger partial charge in [-0.15, -0.1) is 0 Å². The Morgan fingerprint density at radius 3 is 2.19 bits per heavy atom. The van der Waals surface area contributed by atoms with Crippen molar-refractivity contribution in [3.05, 3.63) is 53.6 Å². The highest BCUT2D eigenvalue weighted by atomic mass is 19.3. The molecule has 0 aromatic heterocycles. The highest BCUT2D eigenvalue weighted by Gasteiger charge is 2.16. The summed E-state index contributed by atoms with van der Waals surface area (Å²) in [5.41, 5.74) is 1.65. The van der Waals surface area contributed by atoms with Crippen LogP contribution >= 0.6 is 0 Å². The normalized spacial score (nSPS) is 12.6. The predicted molar refractivity (Wildman–Crippen MR) is 117 cm³/mol. The van der Waals surface area contributed by atoms with Crippen molar-refractivity contribution in [2.24, 2.45) is 4.99 Å². The fourth-order valence-electron chi connectivity index (χ4n) is 3.05. The fraction of sp³-hybridized carbons (Fsp3) is 0.409. The first-order valence-corrected chi connectivity index (χ1v) is 9.74. The second-order valence-corrected chi connectivity index (χ2v) is 6.91. The largest absolute Gasteiger partial charge is 0.497 e. The molecule has 2 rings (SSSR count). The molecule has 0 aliphatic heterocycles. The van der Waals surface area contributed by atoms with E-state index in [1.54, 1.807) is 26.3 Å². The third-order valence-corrected chi connectivity index (χ3v) is 4.74. The van der Waals surface area contributed by atoms with E-state index in [-0.39, 0.29) is 18.3 Å². The number of benzene rings is 2. The molecule has 0 fully saturated rings. The number of rotatable bonds is 10. The van der Waals surface area contributed by atoms with E-state index in [0.29, 0.717) is 23.8 Å². The summed E-state index contributed by atoms with van der Waals surface area (Å²) in [4.78, 5) is 6.32. The minimum absolute atomic E-state index is 0.0824. The summed E-state index contributed by atoms with van der Waals surface area (Å²) in [6.45, 7) is -2.10. The van der Waals surface area contributed by atoms with Gasteiger partial charge in [-0.2, -0.15) is 8.78 Å². The maximum Gasteiger partial charge on any atom is 0.387 e. The Morgan fingerprint density at radius 1 is 1.00 bits per heavy atom. The van der Waals surface area contributed by atoms with Crippen molar-refractivity contribution in [2.75, 3.05) is 41.9 Å². The molecule has 0 saturated heterocycles. The lowest BCUT2D eigenvalue weighted by molar-refractivity contribution is -0.0505. The van der Waals surface area contributed by atoms with Crippen molar-refractivity contribution in [3.63, 3.8) is 0 Å². The lowest BCUT2D eigenvalue weighted by Crippen LogP contribution is -2.41. The topological polar surface area (TPSA) is 67.4 Å². The number of nitrogens with one attached hydrogen (secondary N) is 2. The molecular formula is C22H30F2N4O3. The van der Waals surface area contributed by atoms with Crippen LogP contribution in [0.1, 0.15) is 17.2 Å². The highest BCUT2D eigenvalue weighted by Crippen LogP contribution is 2.25. The minimum Gasteiger partial charge on any atom is -0.497 e. The summed E-state index contributed by atoms with van der Waals surface area (Å²) in [6.07, 6.45) is 0. The van der Waals surface area contributed by atoms with E-state index in [4.69, 9.17) is 9.47 Å². The summed E-state index contributed by atoms with van der Waals surface area (Å²) in [7, 11) is 8.79. The van der Waals surface area contributed by atoms with Gasteiger partial charge >= 0.3 is 6.61 Å². The van der Waals surface area contributed by atoms with Gasteiger partial charge in [-0.25, -0.2) is 0 Å². The van der Waals surface area contributed by atoms with E-state index in [0.717, 1.165) is 11.3 Å². The number of hydrogen-bond donors (Lipinski definition) is 2. The molecule has 2 aromatic rings. The number of methoxy groups -OCH3 is 2. The molecule has 0 bridgehead atoms. The highest BCUT2D eigenvalue weighted by molar-refractivity contribution is 5.79. The molecule has 0 spiro atoms. The zero-order valence-electron chi connectivity index (χ0n) is 18.5. The molecule has 2 aromatic carbocycles. The van der Waals surface area contributed by atoms with Gasteiger partial charge in [0.2, 0.25) is 0 Å². The number of halogens is 2. The van der Waals surface area contributed by atoms with Gasteiger partial charge in [-0.05, 0) is 50.0 Å². The molecule has 0 aliphatic carbocycles. The Balaban J connectivity index is 2.04. The molecule has 1 atom stereocenters. The van der Waals surface area contributed by atoms with Crippen molar-refractivity contribution in [2.45, 2.75) is 19.2 Å². The number of guanidine groups is 1. The van der Waals surface area contributed by atoms with Gasteiger partial charge in [-0.3, -0.25) is 4.99 Å². The Morgan fingerprint density at radius 2 is 1.65 bits per heavy atom. The third-order valence-electron chi connectivity index (χ3n) is 4.74. The number of nitrogens with zero attached hydrogens (tertiary/aromatic N) is 2. The van der Waals surface area contributed by atoms with Crippen LogP contribution in [0.4, 0.5) is 8.78 Å². The van der Waals surface area contributed by atoms with Gasteiger partial charge in [0, 0.05) is 25.7 Å². The SMILES string of the molecule is CN=C(NCc1cc(OC)ccc1OC(F)F)NCC(c1ccc(OC)cc1)N(C)C. The molecule has 9 heteroatoms. The molecule has 31 heavy (non-hydrogen) atoms. The second kappa shape index (κ2) is 11.9. The number of likely N-dealkylation sites (N-methyl/N-ethyl adjacent to an activating group) is 1. The van der Waals surface area contributed by atoms with E-state index in [2.05, 4.69) is 25.3 Å². The van der Waals surface area contributed by atoms with Gasteiger partial charge in [0.25, 0.3) is 0 Å². The van der Waals surface area contributed by atoms with E-state index in [1.807, 2.05) is 38.4 Å². The van der Waals surface area contributed by atoms with Crippen LogP contribution in [0.3, 0.4) is 0 Å². The number of hydrogen-bond acceptors (Lipinski definition) is 5. The minimum atomic E-state index is -2.91. The van der Waals surface area contributed by atoms with Crippen molar-refractivity contribution in [1.82, 2.24) is 15.5 Å². The fourth-order valence-corrected chi connectivity index (χ4v) is 3.05. The zero-order chi connectivity index (χ0) is 22.8. The van der Waals surface area contributed by atoms with Crippen molar-refractivity contribution >= 4 is 5.96 Å². The van der Waals surface area contributed by atoms with Crippen LogP contribution in [0.5, 0.6) is 17.2 Å². The van der Waals surface area contributed by atoms with Crippen molar-refractivity contribution < 1.29 is 23.0 Å². The Hall–Kier alpha value is -3.07. The first-order valence-electron chi connectivity index (χ1n) is 9.74. The van der Waals surface area contributed by atoms with Crippen LogP contribution in [-0.4, -0.2) is 59.4 Å². The second-order valence-electron chi connectivity index (χ2n) is 6.91. The number of alkyl halides is 2. The summed E-state index contributed by atoms with van der Waals surface area (Å²) >= 11 is 0. The maximum atomic E-state index is 12.7. The Bertz CT molecular complexity index is 845. The predicted octanol–water partition coefficient (Wildman–Crippen LogP) is 3.27. The molecule has 0 saturated carbocycles. The Labute approximate surface area is 182 Å². The van der Waals surface area contributed by atoms with Gasteiger partial charge < -0.3 is 29.7 Å². The lowest BCUT2D eigenvalue weighted by Gasteiger charge is -2.26. The average molecular weight is 437 g/mol. The molecule has 2 N–H and O–H groups in total. The van der Waals surface area contributed by atoms with Gasteiger partial charge in [0.15, 0.2) is 5.96 Å². The smallest absolute Gasteiger partial charge is 0.387 e. The third kappa shape index (κ3) is 7.29. The standard InChI is InChI=1S/C22H30F2N4O3/c1-25-22(26-13-16-12-18(30-5)10-11-20(16)31-21(23)24)27-14-19(28(2)3)15-6-8-17(29-4)9-7-15/h6-12,19,21H,13-14H2,1-5H3,(H2,25,26,27). The van der Waals surface area contributed by atoms with Crippen LogP contribution in [-0.2, 0) is 6.54 Å². The van der Waals surface area contributed by atoms with Crippen molar-refractivity contribution in [3.8, 4) is 17.2 Å². The molecule has 7 nitrogen and oxygen atoms in total. The van der Waals surface area contributed by atoms with Crippen molar-refractivity contribution in [1.29, 1.82) is 0 Å². The average Bonchev–Trinajstić information content (AvgIpc) is 2.76. The molecule has 0 radical (unpaired) electrons. The summed E-state index contributed by atoms with van der Waals surface area (Å²) in [5.74, 6) is 1.97. The number of aliphatic imine (C=N–C) groups is 1.